The number of nitrogens with one attached hydrogen (secondary N) is 1. The van der Waals surface area contributed by atoms with Crippen LogP contribution in [0.25, 0.3) is 0 Å². The lowest BCUT2D eigenvalue weighted by Crippen LogP contribution is -2.51. The van der Waals surface area contributed by atoms with Crippen LogP contribution in [-0.4, -0.2) is 65.8 Å². The summed E-state index contributed by atoms with van der Waals surface area (Å²) >= 11 is 0. The summed E-state index contributed by atoms with van der Waals surface area (Å²) in [4.78, 5) is 40.3. The molecule has 0 saturated carbocycles. The zero-order valence-electron chi connectivity index (χ0n) is 22.5. The standard InChI is InChI=1S/C30H37N3O5/c1-29(2,37)22-7-4-20(5-8-22)16-33-14-12-30(13-15-33)19-38-27-23(21(18-34)6-9-24(27)30)17-32(3)25-10-11-26(35)31-28(25)36/h4-9,18,25,37H,10-17,19H2,1-3H3,(H,31,35,36). The summed E-state index contributed by atoms with van der Waals surface area (Å²) in [7, 11) is 1.85. The van der Waals surface area contributed by atoms with Crippen molar-refractivity contribution in [2.75, 3.05) is 26.7 Å². The van der Waals surface area contributed by atoms with Crippen molar-refractivity contribution in [2.24, 2.45) is 0 Å². The molecule has 2 fully saturated rings. The van der Waals surface area contributed by atoms with Crippen molar-refractivity contribution in [2.45, 2.75) is 69.7 Å². The van der Waals surface area contributed by atoms with Crippen LogP contribution in [-0.2, 0) is 33.7 Å². The highest BCUT2D eigenvalue weighted by Gasteiger charge is 2.44. The Morgan fingerprint density at radius 3 is 2.50 bits per heavy atom. The second-order valence-electron chi connectivity index (χ2n) is 11.6. The van der Waals surface area contributed by atoms with E-state index in [1.165, 1.54) is 5.56 Å². The first-order chi connectivity index (χ1) is 18.1. The molecule has 0 aliphatic carbocycles. The van der Waals surface area contributed by atoms with Gasteiger partial charge in [0.25, 0.3) is 0 Å². The van der Waals surface area contributed by atoms with Gasteiger partial charge >= 0.3 is 0 Å². The highest BCUT2D eigenvalue weighted by Crippen LogP contribution is 2.48. The Hall–Kier alpha value is -3.07. The predicted octanol–water partition coefficient (Wildman–Crippen LogP) is 2.89. The fourth-order valence-corrected chi connectivity index (χ4v) is 6.08. The number of likely N-dealkylation sites (N-methyl/N-ethyl adjacent to an activating group) is 1. The maximum atomic E-state index is 12.4. The van der Waals surface area contributed by atoms with E-state index >= 15 is 0 Å². The zero-order chi connectivity index (χ0) is 27.1. The molecule has 5 rings (SSSR count). The number of carbonyl (C=O) groups excluding carboxylic acids is 3. The lowest BCUT2D eigenvalue weighted by molar-refractivity contribution is -0.137. The van der Waals surface area contributed by atoms with E-state index in [4.69, 9.17) is 4.74 Å². The van der Waals surface area contributed by atoms with Gasteiger partial charge in [0.05, 0.1) is 18.2 Å². The minimum absolute atomic E-state index is 0.0834. The quantitative estimate of drug-likeness (QED) is 0.429. The largest absolute Gasteiger partial charge is 0.492 e. The SMILES string of the molecule is CN(Cc1c(C=O)ccc2c1OCC21CCN(Cc2ccc(C(C)(C)O)cc2)CC1)C1CCC(=O)NC1=O. The maximum Gasteiger partial charge on any atom is 0.243 e. The normalized spacial score (nSPS) is 21.3. The molecule has 0 radical (unpaired) electrons. The fraction of sp³-hybridized carbons (Fsp3) is 0.500. The molecule has 2 aromatic carbocycles. The van der Waals surface area contributed by atoms with Gasteiger partial charge in [0.2, 0.25) is 11.8 Å². The molecule has 8 nitrogen and oxygen atoms in total. The Balaban J connectivity index is 1.29. The minimum atomic E-state index is -0.842. The fourth-order valence-electron chi connectivity index (χ4n) is 6.08. The summed E-state index contributed by atoms with van der Waals surface area (Å²) in [5.41, 5.74) is 3.76. The lowest BCUT2D eigenvalue weighted by Gasteiger charge is -2.38. The Morgan fingerprint density at radius 2 is 1.87 bits per heavy atom. The van der Waals surface area contributed by atoms with Crippen molar-refractivity contribution < 1.29 is 24.2 Å². The molecular weight excluding hydrogens is 482 g/mol. The molecule has 1 unspecified atom stereocenters. The van der Waals surface area contributed by atoms with Crippen LogP contribution in [0.4, 0.5) is 0 Å². The number of fused-ring (bicyclic) bond motifs is 2. The monoisotopic (exact) mass is 519 g/mol. The molecule has 38 heavy (non-hydrogen) atoms. The molecule has 1 spiro atoms. The lowest BCUT2D eigenvalue weighted by atomic mass is 9.73. The van der Waals surface area contributed by atoms with E-state index in [9.17, 15) is 19.5 Å². The van der Waals surface area contributed by atoms with Crippen molar-refractivity contribution in [1.82, 2.24) is 15.1 Å². The van der Waals surface area contributed by atoms with Gasteiger partial charge < -0.3 is 9.84 Å². The number of carbonyl (C=O) groups is 3. The molecule has 3 aliphatic heterocycles. The molecule has 0 bridgehead atoms. The number of piperidine rings is 2. The third-order valence-corrected chi connectivity index (χ3v) is 8.52. The van der Waals surface area contributed by atoms with Crippen LogP contribution in [0.1, 0.15) is 72.1 Å². The van der Waals surface area contributed by atoms with E-state index in [-0.39, 0.29) is 17.2 Å². The number of nitrogens with zero attached hydrogens (tertiary/aromatic N) is 2. The first-order valence-corrected chi connectivity index (χ1v) is 13.4. The molecule has 1 atom stereocenters. The van der Waals surface area contributed by atoms with Crippen LogP contribution >= 0.6 is 0 Å². The van der Waals surface area contributed by atoms with Crippen LogP contribution in [0, 0.1) is 0 Å². The number of rotatable bonds is 7. The molecule has 8 heteroatoms. The molecule has 3 heterocycles. The third-order valence-electron chi connectivity index (χ3n) is 8.52. The number of amides is 2. The molecule has 2 saturated heterocycles. The van der Waals surface area contributed by atoms with Crippen molar-refractivity contribution in [3.05, 3.63) is 64.2 Å². The number of hydrogen-bond acceptors (Lipinski definition) is 7. The zero-order valence-corrected chi connectivity index (χ0v) is 22.5. The van der Waals surface area contributed by atoms with Gasteiger partial charge in [-0.15, -0.1) is 0 Å². The first-order valence-electron chi connectivity index (χ1n) is 13.4. The number of hydrogen-bond donors (Lipinski definition) is 2. The number of ether oxygens (including phenoxy) is 1. The van der Waals surface area contributed by atoms with Crippen LogP contribution < -0.4 is 10.1 Å². The smallest absolute Gasteiger partial charge is 0.243 e. The number of aldehydes is 1. The Morgan fingerprint density at radius 1 is 1.16 bits per heavy atom. The number of imide groups is 1. The van der Waals surface area contributed by atoms with E-state index in [1.807, 2.05) is 36.2 Å². The Kier molecular flexibility index (Phi) is 7.15. The summed E-state index contributed by atoms with van der Waals surface area (Å²) in [6, 6.07) is 11.7. The second-order valence-corrected chi connectivity index (χ2v) is 11.6. The third kappa shape index (κ3) is 5.13. The molecular formula is C30H37N3O5. The summed E-state index contributed by atoms with van der Waals surface area (Å²) < 4.78 is 6.31. The van der Waals surface area contributed by atoms with Gasteiger partial charge in [0.1, 0.15) is 5.75 Å². The van der Waals surface area contributed by atoms with Crippen molar-refractivity contribution in [1.29, 1.82) is 0 Å². The second kappa shape index (κ2) is 10.2. The first kappa shape index (κ1) is 26.5. The molecule has 0 aromatic heterocycles. The van der Waals surface area contributed by atoms with E-state index in [1.54, 1.807) is 13.8 Å². The molecule has 2 aromatic rings. The Bertz CT molecular complexity index is 1230. The minimum Gasteiger partial charge on any atom is -0.492 e. The van der Waals surface area contributed by atoms with Gasteiger partial charge in [-0.05, 0) is 64.4 Å². The number of aliphatic hydroxyl groups is 1. The average Bonchev–Trinajstić information content (AvgIpc) is 3.23. The summed E-state index contributed by atoms with van der Waals surface area (Å²) in [5, 5.41) is 12.6. The average molecular weight is 520 g/mol. The van der Waals surface area contributed by atoms with Crippen molar-refractivity contribution in [3.8, 4) is 5.75 Å². The van der Waals surface area contributed by atoms with Crippen LogP contribution in [0.15, 0.2) is 36.4 Å². The number of benzene rings is 2. The molecule has 202 valence electrons. The molecule has 3 aliphatic rings. The highest BCUT2D eigenvalue weighted by molar-refractivity contribution is 6.00. The van der Waals surface area contributed by atoms with E-state index in [2.05, 4.69) is 22.3 Å². The van der Waals surface area contributed by atoms with Gasteiger partial charge in [-0.3, -0.25) is 29.5 Å². The van der Waals surface area contributed by atoms with Crippen LogP contribution in [0.5, 0.6) is 5.75 Å². The van der Waals surface area contributed by atoms with Gasteiger partial charge in [0.15, 0.2) is 6.29 Å². The van der Waals surface area contributed by atoms with E-state index < -0.39 is 11.6 Å². The molecule has 2 N–H and O–H groups in total. The highest BCUT2D eigenvalue weighted by atomic mass is 16.5. The van der Waals surface area contributed by atoms with Crippen LogP contribution in [0.2, 0.25) is 0 Å². The maximum absolute atomic E-state index is 12.4. The molecule has 2 amide bonds. The van der Waals surface area contributed by atoms with Crippen LogP contribution in [0.3, 0.4) is 0 Å². The number of likely N-dealkylation sites (tertiary alicyclic amines) is 1. The van der Waals surface area contributed by atoms with E-state index in [0.29, 0.717) is 31.6 Å². The van der Waals surface area contributed by atoms with Gasteiger partial charge in [-0.25, -0.2) is 0 Å². The van der Waals surface area contributed by atoms with Crippen molar-refractivity contribution >= 4 is 18.1 Å². The van der Waals surface area contributed by atoms with Gasteiger partial charge in [0, 0.05) is 41.6 Å². The van der Waals surface area contributed by atoms with E-state index in [0.717, 1.165) is 61.2 Å². The predicted molar refractivity (Wildman–Crippen MR) is 143 cm³/mol. The van der Waals surface area contributed by atoms with Gasteiger partial charge in [-0.1, -0.05) is 36.4 Å². The summed E-state index contributed by atoms with van der Waals surface area (Å²) in [5.74, 6) is 0.254. The topological polar surface area (TPSA) is 99.2 Å². The Labute approximate surface area is 224 Å². The van der Waals surface area contributed by atoms with Gasteiger partial charge in [-0.2, -0.15) is 0 Å². The summed E-state index contributed by atoms with van der Waals surface area (Å²) in [6.07, 6.45) is 3.56. The van der Waals surface area contributed by atoms with Crippen molar-refractivity contribution in [3.63, 3.8) is 0 Å². The summed E-state index contributed by atoms with van der Waals surface area (Å²) in [6.45, 7) is 7.32.